The Labute approximate surface area is 112 Å². The maximum absolute atomic E-state index is 12.1. The van der Waals surface area contributed by atoms with Crippen LogP contribution in [0, 0.1) is 11.3 Å². The summed E-state index contributed by atoms with van der Waals surface area (Å²) in [5, 5.41) is 18.6. The molecule has 2 atom stereocenters. The van der Waals surface area contributed by atoms with Gasteiger partial charge in [-0.2, -0.15) is 0 Å². The first-order valence-corrected chi connectivity index (χ1v) is 6.04. The number of carbonyl (C=O) groups is 2. The summed E-state index contributed by atoms with van der Waals surface area (Å²) in [6.45, 7) is 3.52. The second kappa shape index (κ2) is 7.05. The Morgan fingerprint density at radius 3 is 2.32 bits per heavy atom. The number of nitrogens with two attached hydrogens (primary N) is 3. The number of rotatable bonds is 8. The van der Waals surface area contributed by atoms with Crippen LogP contribution < -0.4 is 22.5 Å². The number of hydrogen-bond acceptors (Lipinski definition) is 5. The van der Waals surface area contributed by atoms with Crippen molar-refractivity contribution in [2.24, 2.45) is 23.1 Å². The minimum Gasteiger partial charge on any atom is -0.480 e. The molecule has 0 aromatic heterocycles. The van der Waals surface area contributed by atoms with Crippen LogP contribution in [0.1, 0.15) is 26.7 Å². The molecule has 0 rings (SSSR count). The number of carboxylic acids is 1. The molecule has 0 heterocycles. The van der Waals surface area contributed by atoms with Crippen molar-refractivity contribution < 1.29 is 14.7 Å². The summed E-state index contributed by atoms with van der Waals surface area (Å²) in [4.78, 5) is 23.2. The molecule has 2 unspecified atom stereocenters. The van der Waals surface area contributed by atoms with Crippen molar-refractivity contribution in [1.82, 2.24) is 5.32 Å². The summed E-state index contributed by atoms with van der Waals surface area (Å²) >= 11 is 0. The molecule has 19 heavy (non-hydrogen) atoms. The third-order valence-corrected chi connectivity index (χ3v) is 3.02. The molecule has 0 radical (unpaired) electrons. The Balaban J connectivity index is 4.53. The van der Waals surface area contributed by atoms with Gasteiger partial charge in [-0.15, -0.1) is 0 Å². The van der Waals surface area contributed by atoms with Crippen LogP contribution in [0.15, 0.2) is 0 Å². The van der Waals surface area contributed by atoms with Crippen LogP contribution in [0.2, 0.25) is 0 Å². The Morgan fingerprint density at radius 2 is 1.95 bits per heavy atom. The van der Waals surface area contributed by atoms with Crippen molar-refractivity contribution in [2.45, 2.75) is 38.3 Å². The van der Waals surface area contributed by atoms with Crippen molar-refractivity contribution >= 4 is 17.7 Å². The number of ketones is 1. The monoisotopic (exact) mass is 273 g/mol. The first-order chi connectivity index (χ1) is 8.63. The maximum atomic E-state index is 12.1. The van der Waals surface area contributed by atoms with Gasteiger partial charge in [-0.1, -0.05) is 13.8 Å². The van der Waals surface area contributed by atoms with Crippen molar-refractivity contribution in [3.8, 4) is 0 Å². The molecule has 0 aliphatic rings. The summed E-state index contributed by atoms with van der Waals surface area (Å²) in [6.07, 6.45) is 0.762. The molecule has 0 spiro atoms. The molecule has 0 aliphatic carbocycles. The molecule has 0 fully saturated rings. The number of Topliss-reactive ketones (excluding diaryl/α,β-unsaturated/α-hetero) is 1. The molecule has 9 N–H and O–H groups in total. The van der Waals surface area contributed by atoms with Crippen LogP contribution in [-0.4, -0.2) is 40.9 Å². The highest BCUT2D eigenvalue weighted by molar-refractivity contribution is 6.10. The molecular weight excluding hydrogens is 250 g/mol. The van der Waals surface area contributed by atoms with E-state index in [0.29, 0.717) is 13.0 Å². The molecule has 0 aliphatic heterocycles. The molecule has 0 amide bonds. The van der Waals surface area contributed by atoms with Crippen LogP contribution in [0.5, 0.6) is 0 Å². The molecule has 0 aromatic rings. The van der Waals surface area contributed by atoms with E-state index in [1.807, 2.05) is 0 Å². The van der Waals surface area contributed by atoms with Gasteiger partial charge in [0.15, 0.2) is 17.3 Å². The molecular formula is C11H23N5O3. The number of carbonyl (C=O) groups excluding carboxylic acids is 1. The fraction of sp³-hybridized carbons (Fsp3) is 0.727. The second-order valence-electron chi connectivity index (χ2n) is 4.78. The smallest absolute Gasteiger partial charge is 0.331 e. The highest BCUT2D eigenvalue weighted by atomic mass is 16.4. The summed E-state index contributed by atoms with van der Waals surface area (Å²) in [5.74, 6) is -2.78. The van der Waals surface area contributed by atoms with Gasteiger partial charge in [0, 0.05) is 6.54 Å². The van der Waals surface area contributed by atoms with Gasteiger partial charge in [0.25, 0.3) is 0 Å². The largest absolute Gasteiger partial charge is 0.480 e. The highest BCUT2D eigenvalue weighted by Crippen LogP contribution is 2.18. The number of aliphatic carboxylic acids is 1. The maximum Gasteiger partial charge on any atom is 0.331 e. The van der Waals surface area contributed by atoms with Crippen molar-refractivity contribution in [1.29, 1.82) is 5.41 Å². The zero-order chi connectivity index (χ0) is 15.2. The number of guanidine groups is 1. The lowest BCUT2D eigenvalue weighted by atomic mass is 9.80. The van der Waals surface area contributed by atoms with Gasteiger partial charge >= 0.3 is 5.97 Å². The van der Waals surface area contributed by atoms with E-state index < -0.39 is 29.3 Å². The summed E-state index contributed by atoms with van der Waals surface area (Å²) in [5.41, 5.74) is 14.5. The Kier molecular flexibility index (Phi) is 6.43. The van der Waals surface area contributed by atoms with Gasteiger partial charge in [0.1, 0.15) is 0 Å². The fourth-order valence-electron chi connectivity index (χ4n) is 1.62. The Morgan fingerprint density at radius 1 is 1.42 bits per heavy atom. The lowest BCUT2D eigenvalue weighted by Gasteiger charge is -2.29. The van der Waals surface area contributed by atoms with Crippen LogP contribution >= 0.6 is 0 Å². The van der Waals surface area contributed by atoms with Crippen LogP contribution in [0.4, 0.5) is 0 Å². The van der Waals surface area contributed by atoms with Gasteiger partial charge in [-0.3, -0.25) is 10.2 Å². The van der Waals surface area contributed by atoms with E-state index in [1.165, 1.54) is 0 Å². The van der Waals surface area contributed by atoms with Gasteiger partial charge in [0.2, 0.25) is 0 Å². The summed E-state index contributed by atoms with van der Waals surface area (Å²) in [7, 11) is 0. The van der Waals surface area contributed by atoms with Crippen molar-refractivity contribution in [3.05, 3.63) is 0 Å². The molecule has 0 saturated heterocycles. The average Bonchev–Trinajstić information content (AvgIpc) is 2.31. The third-order valence-electron chi connectivity index (χ3n) is 3.02. The quantitative estimate of drug-likeness (QED) is 0.136. The van der Waals surface area contributed by atoms with Crippen molar-refractivity contribution in [3.63, 3.8) is 0 Å². The Bertz CT molecular complexity index is 358. The van der Waals surface area contributed by atoms with Crippen molar-refractivity contribution in [2.75, 3.05) is 6.54 Å². The minimum atomic E-state index is -1.96. The molecule has 0 saturated carbocycles. The lowest BCUT2D eigenvalue weighted by Crippen LogP contribution is -2.63. The molecule has 110 valence electrons. The SMILES string of the molecule is CC(C)C(N)(C(=O)O)C(=O)C(N)CCCNC(=N)N. The molecule has 8 nitrogen and oxygen atoms in total. The predicted molar refractivity (Wildman–Crippen MR) is 71.5 cm³/mol. The van der Waals surface area contributed by atoms with Crippen LogP contribution in [0.25, 0.3) is 0 Å². The summed E-state index contributed by atoms with van der Waals surface area (Å²) < 4.78 is 0. The molecule has 8 heteroatoms. The average molecular weight is 273 g/mol. The van der Waals surface area contributed by atoms with E-state index in [1.54, 1.807) is 13.8 Å². The number of carboxylic acid groups (broad SMARTS) is 1. The zero-order valence-corrected chi connectivity index (χ0v) is 11.3. The predicted octanol–water partition coefficient (Wildman–Crippen LogP) is -1.42. The topological polar surface area (TPSA) is 168 Å². The molecule has 0 aromatic carbocycles. The van der Waals surface area contributed by atoms with E-state index in [0.717, 1.165) is 0 Å². The Hall–Kier alpha value is -1.67. The lowest BCUT2D eigenvalue weighted by molar-refractivity contribution is -0.151. The zero-order valence-electron chi connectivity index (χ0n) is 11.3. The molecule has 0 bridgehead atoms. The van der Waals surface area contributed by atoms with E-state index in [9.17, 15) is 9.59 Å². The first-order valence-electron chi connectivity index (χ1n) is 6.04. The van der Waals surface area contributed by atoms with E-state index in [2.05, 4.69) is 5.32 Å². The summed E-state index contributed by atoms with van der Waals surface area (Å²) in [6, 6.07) is -0.947. The van der Waals surface area contributed by atoms with Crippen LogP contribution in [-0.2, 0) is 9.59 Å². The second-order valence-corrected chi connectivity index (χ2v) is 4.78. The minimum absolute atomic E-state index is 0.166. The van der Waals surface area contributed by atoms with Gasteiger partial charge in [-0.05, 0) is 18.8 Å². The first kappa shape index (κ1) is 17.3. The fourth-order valence-corrected chi connectivity index (χ4v) is 1.62. The van der Waals surface area contributed by atoms with Gasteiger partial charge < -0.3 is 27.6 Å². The third kappa shape index (κ3) is 4.49. The van der Waals surface area contributed by atoms with E-state index in [4.69, 9.17) is 27.7 Å². The van der Waals surface area contributed by atoms with Crippen LogP contribution in [0.3, 0.4) is 0 Å². The number of nitrogens with one attached hydrogen (secondary N) is 2. The standard InChI is InChI=1S/C11H23N5O3/c1-6(2)11(15,9(18)19)8(17)7(12)4-3-5-16-10(13)14/h6-7H,3-5,12,15H2,1-2H3,(H,18,19)(H4,13,14,16). The van der Waals surface area contributed by atoms with E-state index >= 15 is 0 Å². The normalized spacial score (nSPS) is 15.6. The number of hydrogen-bond donors (Lipinski definition) is 6. The van der Waals surface area contributed by atoms with Gasteiger partial charge in [-0.25, -0.2) is 4.79 Å². The highest BCUT2D eigenvalue weighted by Gasteiger charge is 2.46. The van der Waals surface area contributed by atoms with E-state index in [-0.39, 0.29) is 12.4 Å². The van der Waals surface area contributed by atoms with Gasteiger partial charge in [0.05, 0.1) is 6.04 Å².